The van der Waals surface area contributed by atoms with E-state index in [0.717, 1.165) is 0 Å². The van der Waals surface area contributed by atoms with Gasteiger partial charge in [-0.05, 0) is 38.4 Å². The first-order chi connectivity index (χ1) is 14.9. The van der Waals surface area contributed by atoms with E-state index in [1.807, 2.05) is 19.0 Å². The Balaban J connectivity index is 1.84. The van der Waals surface area contributed by atoms with Crippen LogP contribution in [0, 0.1) is 5.82 Å². The lowest BCUT2D eigenvalue weighted by atomic mass is 9.94. The first-order valence-electron chi connectivity index (χ1n) is 9.96. The summed E-state index contributed by atoms with van der Waals surface area (Å²) in [5.41, 5.74) is 0.293. The Hall–Kier alpha value is -3.39. The van der Waals surface area contributed by atoms with Crippen LogP contribution >= 0.6 is 0 Å². The molecule has 2 aromatic rings. The third-order valence-corrected chi connectivity index (χ3v) is 5.34. The number of likely N-dealkylation sites (N-methyl/N-ethyl adjacent to an activating group) is 1. The van der Waals surface area contributed by atoms with Crippen LogP contribution in [0.1, 0.15) is 17.2 Å². The molecule has 0 spiro atoms. The van der Waals surface area contributed by atoms with Crippen molar-refractivity contribution in [3.63, 3.8) is 0 Å². The quantitative estimate of drug-likeness (QED) is 0.450. The van der Waals surface area contributed by atoms with Gasteiger partial charge in [-0.25, -0.2) is 4.39 Å². The molecule has 2 aliphatic heterocycles. The third kappa shape index (κ3) is 3.86. The van der Waals surface area contributed by atoms with Gasteiger partial charge >= 0.3 is 0 Å². The topological polar surface area (TPSA) is 79.3 Å². The number of ether oxygens (including phenoxy) is 2. The molecule has 0 bridgehead atoms. The first-order valence-corrected chi connectivity index (χ1v) is 9.96. The van der Waals surface area contributed by atoms with Crippen LogP contribution in [0.15, 0.2) is 48.0 Å². The summed E-state index contributed by atoms with van der Waals surface area (Å²) in [5, 5.41) is 11.1. The molecule has 0 unspecified atom stereocenters. The second kappa shape index (κ2) is 8.39. The number of carbonyl (C=O) groups excluding carboxylic acids is 2. The highest BCUT2D eigenvalue weighted by molar-refractivity contribution is 6.46. The number of ketones is 1. The number of halogens is 1. The lowest BCUT2D eigenvalue weighted by Gasteiger charge is -2.27. The fraction of sp³-hybridized carbons (Fsp3) is 0.304. The van der Waals surface area contributed by atoms with Gasteiger partial charge in [-0.15, -0.1) is 0 Å². The largest absolute Gasteiger partial charge is 0.507 e. The van der Waals surface area contributed by atoms with Crippen molar-refractivity contribution in [3.05, 3.63) is 65.0 Å². The Bertz CT molecular complexity index is 1070. The molecule has 1 fully saturated rings. The van der Waals surface area contributed by atoms with Gasteiger partial charge in [-0.1, -0.05) is 18.2 Å². The number of nitrogens with zero attached hydrogens (tertiary/aromatic N) is 2. The molecule has 0 radical (unpaired) electrons. The van der Waals surface area contributed by atoms with Gasteiger partial charge < -0.3 is 24.4 Å². The average Bonchev–Trinajstić information content (AvgIpc) is 3.01. The van der Waals surface area contributed by atoms with Crippen LogP contribution < -0.4 is 9.47 Å². The van der Waals surface area contributed by atoms with Crippen molar-refractivity contribution in [1.82, 2.24) is 9.80 Å². The van der Waals surface area contributed by atoms with Crippen molar-refractivity contribution in [2.75, 3.05) is 40.4 Å². The number of fused-ring (bicyclic) bond motifs is 1. The van der Waals surface area contributed by atoms with Gasteiger partial charge in [0.05, 0.1) is 11.6 Å². The second-order valence-electron chi connectivity index (χ2n) is 7.68. The lowest BCUT2D eigenvalue weighted by molar-refractivity contribution is -0.140. The highest BCUT2D eigenvalue weighted by atomic mass is 19.1. The molecular formula is C23H23FN2O5. The molecule has 2 aliphatic rings. The van der Waals surface area contributed by atoms with E-state index in [2.05, 4.69) is 0 Å². The maximum atomic E-state index is 14.7. The predicted octanol–water partition coefficient (Wildman–Crippen LogP) is 2.58. The molecule has 1 N–H and O–H groups in total. The summed E-state index contributed by atoms with van der Waals surface area (Å²) in [6.07, 6.45) is 0. The van der Waals surface area contributed by atoms with Crippen LogP contribution in [0.3, 0.4) is 0 Å². The SMILES string of the molecule is CN(C)CCN1C(=O)C(=O)/C(=C(/O)c2ccc3c(c2)OCCO3)[C@@H]1c1ccccc1F. The maximum Gasteiger partial charge on any atom is 0.295 e. The van der Waals surface area contributed by atoms with Gasteiger partial charge in [0.15, 0.2) is 11.5 Å². The van der Waals surface area contributed by atoms with Crippen molar-refractivity contribution < 1.29 is 28.6 Å². The smallest absolute Gasteiger partial charge is 0.295 e. The Kier molecular flexibility index (Phi) is 5.65. The summed E-state index contributed by atoms with van der Waals surface area (Å²) in [5.74, 6) is -1.60. The van der Waals surface area contributed by atoms with Crippen molar-refractivity contribution in [1.29, 1.82) is 0 Å². The number of hydrogen-bond acceptors (Lipinski definition) is 6. The third-order valence-electron chi connectivity index (χ3n) is 5.34. The number of Topliss-reactive ketones (excluding diaryl/α,β-unsaturated/α-hetero) is 1. The summed E-state index contributed by atoms with van der Waals surface area (Å²) < 4.78 is 25.8. The number of carbonyl (C=O) groups is 2. The monoisotopic (exact) mass is 426 g/mol. The number of amides is 1. The molecule has 0 aromatic heterocycles. The van der Waals surface area contributed by atoms with Crippen molar-refractivity contribution in [3.8, 4) is 11.5 Å². The molecule has 0 aliphatic carbocycles. The maximum absolute atomic E-state index is 14.7. The molecule has 31 heavy (non-hydrogen) atoms. The van der Waals surface area contributed by atoms with Crippen LogP contribution in [-0.2, 0) is 9.59 Å². The average molecular weight is 426 g/mol. The first kappa shape index (κ1) is 20.9. The van der Waals surface area contributed by atoms with Gasteiger partial charge in [0.25, 0.3) is 11.7 Å². The zero-order valence-corrected chi connectivity index (χ0v) is 17.3. The number of aliphatic hydroxyl groups excluding tert-OH is 1. The Morgan fingerprint density at radius 2 is 1.84 bits per heavy atom. The minimum atomic E-state index is -1.03. The number of aliphatic hydroxyl groups is 1. The van der Waals surface area contributed by atoms with E-state index in [4.69, 9.17) is 9.47 Å². The normalized spacial score (nSPS) is 19.9. The Labute approximate surface area is 179 Å². The van der Waals surface area contributed by atoms with Crippen LogP contribution in [0.2, 0.25) is 0 Å². The zero-order chi connectivity index (χ0) is 22.1. The number of likely N-dealkylation sites (tertiary alicyclic amines) is 1. The van der Waals surface area contributed by atoms with Gasteiger partial charge in [0, 0.05) is 24.2 Å². The van der Waals surface area contributed by atoms with Gasteiger partial charge in [0.1, 0.15) is 24.8 Å². The summed E-state index contributed by atoms with van der Waals surface area (Å²) in [6.45, 7) is 1.46. The molecule has 2 heterocycles. The molecule has 8 heteroatoms. The van der Waals surface area contributed by atoms with Crippen LogP contribution in [0.5, 0.6) is 11.5 Å². The van der Waals surface area contributed by atoms with E-state index >= 15 is 0 Å². The van der Waals surface area contributed by atoms with Crippen molar-refractivity contribution in [2.24, 2.45) is 0 Å². The highest BCUT2D eigenvalue weighted by Crippen LogP contribution is 2.41. The summed E-state index contributed by atoms with van der Waals surface area (Å²) in [6, 6.07) is 9.68. The molecule has 0 saturated carbocycles. The molecule has 1 atom stereocenters. The van der Waals surface area contributed by atoms with Crippen molar-refractivity contribution in [2.45, 2.75) is 6.04 Å². The molecular weight excluding hydrogens is 403 g/mol. The summed E-state index contributed by atoms with van der Waals surface area (Å²) >= 11 is 0. The van der Waals surface area contributed by atoms with E-state index in [9.17, 15) is 19.1 Å². The van der Waals surface area contributed by atoms with Crippen LogP contribution in [-0.4, -0.2) is 67.0 Å². The molecule has 4 rings (SSSR count). The van der Waals surface area contributed by atoms with Gasteiger partial charge in [-0.3, -0.25) is 9.59 Å². The van der Waals surface area contributed by atoms with Crippen molar-refractivity contribution >= 4 is 17.4 Å². The predicted molar refractivity (Wildman–Crippen MR) is 111 cm³/mol. The minimum absolute atomic E-state index is 0.148. The van der Waals surface area contributed by atoms with E-state index < -0.39 is 23.5 Å². The van der Waals surface area contributed by atoms with Crippen LogP contribution in [0.4, 0.5) is 4.39 Å². The lowest BCUT2D eigenvalue weighted by Crippen LogP contribution is -2.35. The Morgan fingerprint density at radius 1 is 1.13 bits per heavy atom. The van der Waals surface area contributed by atoms with Crippen LogP contribution in [0.25, 0.3) is 5.76 Å². The minimum Gasteiger partial charge on any atom is -0.507 e. The van der Waals surface area contributed by atoms with E-state index in [0.29, 0.717) is 31.3 Å². The summed E-state index contributed by atoms with van der Waals surface area (Å²) in [4.78, 5) is 29.0. The molecule has 1 saturated heterocycles. The van der Waals surface area contributed by atoms with E-state index in [-0.39, 0.29) is 29.0 Å². The second-order valence-corrected chi connectivity index (χ2v) is 7.68. The molecule has 162 valence electrons. The van der Waals surface area contributed by atoms with E-state index in [1.54, 1.807) is 24.3 Å². The van der Waals surface area contributed by atoms with Gasteiger partial charge in [0.2, 0.25) is 0 Å². The van der Waals surface area contributed by atoms with E-state index in [1.165, 1.54) is 23.1 Å². The number of benzene rings is 2. The number of hydrogen-bond donors (Lipinski definition) is 1. The molecule has 1 amide bonds. The fourth-order valence-electron chi connectivity index (χ4n) is 3.78. The highest BCUT2D eigenvalue weighted by Gasteiger charge is 2.46. The van der Waals surface area contributed by atoms with Gasteiger partial charge in [-0.2, -0.15) is 0 Å². The Morgan fingerprint density at radius 3 is 2.55 bits per heavy atom. The fourth-order valence-corrected chi connectivity index (χ4v) is 3.78. The summed E-state index contributed by atoms with van der Waals surface area (Å²) in [7, 11) is 3.67. The molecule has 2 aromatic carbocycles. The number of rotatable bonds is 5. The molecule has 7 nitrogen and oxygen atoms in total. The zero-order valence-electron chi connectivity index (χ0n) is 17.3. The standard InChI is InChI=1S/C23H23FN2O5/c1-25(2)9-10-26-20(15-5-3-4-6-16(15)24)19(22(28)23(26)29)21(27)14-7-8-17-18(13-14)31-12-11-30-17/h3-8,13,20,27H,9-12H2,1-2H3/b21-19+/t20-/m0/s1.